The van der Waals surface area contributed by atoms with E-state index in [2.05, 4.69) is 39.7 Å². The van der Waals surface area contributed by atoms with E-state index < -0.39 is 0 Å². The lowest BCUT2D eigenvalue weighted by atomic mass is 10.1. The molecule has 2 N–H and O–H groups in total. The minimum absolute atomic E-state index is 0.184. The minimum atomic E-state index is 0.184. The Balaban J connectivity index is 1.47. The Kier molecular flexibility index (Phi) is 5.88. The second-order valence-electron chi connectivity index (χ2n) is 6.46. The first-order valence-corrected chi connectivity index (χ1v) is 8.84. The standard InChI is InChI=1S/C20H26N4O/c1-15(18-6-4-3-5-7-18)24-20(21-2)23-13-17-10-11-19(22-12-17)25-14-16-8-9-16/h3-7,10-12,15-16H,8-9,13-14H2,1-2H3,(H2,21,23,24). The van der Waals surface area contributed by atoms with Crippen LogP contribution in [0.3, 0.4) is 0 Å². The normalized spacial score (nSPS) is 15.5. The molecule has 0 amide bonds. The number of hydrogen-bond donors (Lipinski definition) is 2. The van der Waals surface area contributed by atoms with Gasteiger partial charge in [0.15, 0.2) is 5.96 Å². The van der Waals surface area contributed by atoms with Gasteiger partial charge in [-0.15, -0.1) is 0 Å². The fourth-order valence-electron chi connectivity index (χ4n) is 2.50. The molecule has 3 rings (SSSR count). The number of nitrogens with one attached hydrogen (secondary N) is 2. The molecule has 2 aromatic rings. The van der Waals surface area contributed by atoms with E-state index >= 15 is 0 Å². The molecule has 0 bridgehead atoms. The van der Waals surface area contributed by atoms with Crippen LogP contribution in [0.25, 0.3) is 0 Å². The molecule has 0 aliphatic heterocycles. The summed E-state index contributed by atoms with van der Waals surface area (Å²) in [6.07, 6.45) is 4.42. The van der Waals surface area contributed by atoms with Crippen molar-refractivity contribution in [1.82, 2.24) is 15.6 Å². The van der Waals surface area contributed by atoms with Crippen molar-refractivity contribution in [3.05, 3.63) is 59.8 Å². The van der Waals surface area contributed by atoms with E-state index in [4.69, 9.17) is 4.74 Å². The zero-order valence-electron chi connectivity index (χ0n) is 14.9. The molecule has 25 heavy (non-hydrogen) atoms. The Labute approximate surface area is 149 Å². The fourth-order valence-corrected chi connectivity index (χ4v) is 2.50. The third-order valence-corrected chi connectivity index (χ3v) is 4.30. The van der Waals surface area contributed by atoms with Crippen molar-refractivity contribution < 1.29 is 4.74 Å². The van der Waals surface area contributed by atoms with Crippen LogP contribution in [0.15, 0.2) is 53.7 Å². The number of pyridine rings is 1. The molecule has 5 heteroatoms. The Hall–Kier alpha value is -2.56. The molecule has 0 saturated heterocycles. The van der Waals surface area contributed by atoms with E-state index in [-0.39, 0.29) is 6.04 Å². The quantitative estimate of drug-likeness (QED) is 0.601. The highest BCUT2D eigenvalue weighted by Crippen LogP contribution is 2.29. The van der Waals surface area contributed by atoms with Crippen LogP contribution in [0.1, 0.15) is 36.9 Å². The number of nitrogens with zero attached hydrogens (tertiary/aromatic N) is 2. The molecule has 1 unspecified atom stereocenters. The Bertz CT molecular complexity index is 681. The van der Waals surface area contributed by atoms with Crippen LogP contribution < -0.4 is 15.4 Å². The molecule has 1 atom stereocenters. The zero-order chi connectivity index (χ0) is 17.5. The van der Waals surface area contributed by atoms with E-state index in [9.17, 15) is 0 Å². The summed E-state index contributed by atoms with van der Waals surface area (Å²) in [6.45, 7) is 3.57. The molecule has 5 nitrogen and oxygen atoms in total. The third kappa shape index (κ3) is 5.48. The van der Waals surface area contributed by atoms with E-state index in [0.717, 1.165) is 24.0 Å². The van der Waals surface area contributed by atoms with Gasteiger partial charge in [-0.05, 0) is 36.8 Å². The molecule has 1 aromatic heterocycles. The lowest BCUT2D eigenvalue weighted by molar-refractivity contribution is 0.288. The predicted molar refractivity (Wildman–Crippen MR) is 101 cm³/mol. The fraction of sp³-hybridized carbons (Fsp3) is 0.400. The number of rotatable bonds is 7. The van der Waals surface area contributed by atoms with Gasteiger partial charge in [-0.25, -0.2) is 4.98 Å². The van der Waals surface area contributed by atoms with Crippen LogP contribution in [0.2, 0.25) is 0 Å². The zero-order valence-corrected chi connectivity index (χ0v) is 14.9. The van der Waals surface area contributed by atoms with Crippen molar-refractivity contribution in [2.75, 3.05) is 13.7 Å². The molecule has 1 fully saturated rings. The third-order valence-electron chi connectivity index (χ3n) is 4.30. The Morgan fingerprint density at radius 1 is 1.24 bits per heavy atom. The predicted octanol–water partition coefficient (Wildman–Crippen LogP) is 3.30. The second-order valence-corrected chi connectivity index (χ2v) is 6.46. The maximum atomic E-state index is 5.67. The highest BCUT2D eigenvalue weighted by molar-refractivity contribution is 5.80. The maximum Gasteiger partial charge on any atom is 0.213 e. The summed E-state index contributed by atoms with van der Waals surface area (Å²) in [5, 5.41) is 6.72. The summed E-state index contributed by atoms with van der Waals surface area (Å²) < 4.78 is 5.67. The van der Waals surface area contributed by atoms with E-state index in [0.29, 0.717) is 12.4 Å². The molecule has 1 saturated carbocycles. The van der Waals surface area contributed by atoms with Crippen molar-refractivity contribution in [2.24, 2.45) is 10.9 Å². The van der Waals surface area contributed by atoms with Crippen molar-refractivity contribution in [2.45, 2.75) is 32.4 Å². The number of hydrogen-bond acceptors (Lipinski definition) is 3. The molecule has 1 aliphatic rings. The molecule has 0 spiro atoms. The minimum Gasteiger partial charge on any atom is -0.477 e. The van der Waals surface area contributed by atoms with Gasteiger partial charge in [0.2, 0.25) is 5.88 Å². The first-order valence-electron chi connectivity index (χ1n) is 8.84. The lowest BCUT2D eigenvalue weighted by Gasteiger charge is -2.18. The number of ether oxygens (including phenoxy) is 1. The van der Waals surface area contributed by atoms with Crippen LogP contribution in [0, 0.1) is 5.92 Å². The van der Waals surface area contributed by atoms with Gasteiger partial charge in [0.25, 0.3) is 0 Å². The van der Waals surface area contributed by atoms with Crippen LogP contribution in [-0.4, -0.2) is 24.6 Å². The number of benzene rings is 1. The van der Waals surface area contributed by atoms with Gasteiger partial charge in [0.1, 0.15) is 0 Å². The first kappa shape index (κ1) is 17.3. The summed E-state index contributed by atoms with van der Waals surface area (Å²) in [7, 11) is 1.78. The maximum absolute atomic E-state index is 5.67. The van der Waals surface area contributed by atoms with Crippen molar-refractivity contribution >= 4 is 5.96 Å². The van der Waals surface area contributed by atoms with Gasteiger partial charge in [-0.2, -0.15) is 0 Å². The average molecular weight is 338 g/mol. The molecule has 0 radical (unpaired) electrons. The van der Waals surface area contributed by atoms with Gasteiger partial charge in [0.05, 0.1) is 12.6 Å². The summed E-state index contributed by atoms with van der Waals surface area (Å²) in [6, 6.07) is 14.5. The summed E-state index contributed by atoms with van der Waals surface area (Å²) >= 11 is 0. The summed E-state index contributed by atoms with van der Waals surface area (Å²) in [4.78, 5) is 8.66. The second kappa shape index (κ2) is 8.51. The monoisotopic (exact) mass is 338 g/mol. The SMILES string of the molecule is CN=C(NCc1ccc(OCC2CC2)nc1)NC(C)c1ccccc1. The molecule has 1 heterocycles. The molecular formula is C20H26N4O. The van der Waals surface area contributed by atoms with Gasteiger partial charge >= 0.3 is 0 Å². The highest BCUT2D eigenvalue weighted by Gasteiger charge is 2.22. The number of aromatic nitrogens is 1. The van der Waals surface area contributed by atoms with Crippen LogP contribution in [0.5, 0.6) is 5.88 Å². The molecule has 1 aliphatic carbocycles. The van der Waals surface area contributed by atoms with Crippen molar-refractivity contribution in [1.29, 1.82) is 0 Å². The highest BCUT2D eigenvalue weighted by atomic mass is 16.5. The van der Waals surface area contributed by atoms with Gasteiger partial charge in [-0.1, -0.05) is 36.4 Å². The number of aliphatic imine (C=N–C) groups is 1. The summed E-state index contributed by atoms with van der Waals surface area (Å²) in [5.74, 6) is 2.21. The summed E-state index contributed by atoms with van der Waals surface area (Å²) in [5.41, 5.74) is 2.32. The van der Waals surface area contributed by atoms with E-state index in [1.165, 1.54) is 18.4 Å². The lowest BCUT2D eigenvalue weighted by Crippen LogP contribution is -2.38. The van der Waals surface area contributed by atoms with E-state index in [1.54, 1.807) is 7.05 Å². The van der Waals surface area contributed by atoms with Gasteiger partial charge < -0.3 is 15.4 Å². The van der Waals surface area contributed by atoms with Crippen molar-refractivity contribution in [3.63, 3.8) is 0 Å². The van der Waals surface area contributed by atoms with E-state index in [1.807, 2.05) is 36.5 Å². The van der Waals surface area contributed by atoms with Crippen molar-refractivity contribution in [3.8, 4) is 5.88 Å². The number of guanidine groups is 1. The Morgan fingerprint density at radius 3 is 2.68 bits per heavy atom. The Morgan fingerprint density at radius 2 is 2.04 bits per heavy atom. The van der Waals surface area contributed by atoms with Crippen LogP contribution in [0.4, 0.5) is 0 Å². The molecular weight excluding hydrogens is 312 g/mol. The largest absolute Gasteiger partial charge is 0.477 e. The molecule has 132 valence electrons. The smallest absolute Gasteiger partial charge is 0.213 e. The van der Waals surface area contributed by atoms with Crippen LogP contribution >= 0.6 is 0 Å². The van der Waals surface area contributed by atoms with Gasteiger partial charge in [-0.3, -0.25) is 4.99 Å². The molecule has 1 aromatic carbocycles. The first-order chi connectivity index (χ1) is 12.2. The van der Waals surface area contributed by atoms with Gasteiger partial charge in [0, 0.05) is 25.9 Å². The topological polar surface area (TPSA) is 58.5 Å². The van der Waals surface area contributed by atoms with Crippen LogP contribution in [-0.2, 0) is 6.54 Å². The average Bonchev–Trinajstić information content (AvgIpc) is 3.49.